The van der Waals surface area contributed by atoms with E-state index in [1.54, 1.807) is 0 Å². The Kier molecular flexibility index (Phi) is 7.24. The van der Waals surface area contributed by atoms with E-state index in [0.29, 0.717) is 6.54 Å². The van der Waals surface area contributed by atoms with Crippen LogP contribution < -0.4 is 5.32 Å². The number of halogens is 1. The summed E-state index contributed by atoms with van der Waals surface area (Å²) in [6.45, 7) is 2.57. The number of carbonyl (C=O) groups is 1. The SMILES string of the molecule is CCCCc1ccc(C#Cc2ccc(CNc3cc(C(=O)O)ccc3F)cc2)cc1. The normalized spacial score (nSPS) is 10.2. The Hall–Kier alpha value is -3.58. The van der Waals surface area contributed by atoms with E-state index in [4.69, 9.17) is 5.11 Å². The van der Waals surface area contributed by atoms with Gasteiger partial charge in [-0.2, -0.15) is 0 Å². The monoisotopic (exact) mass is 401 g/mol. The summed E-state index contributed by atoms with van der Waals surface area (Å²) in [5, 5.41) is 12.0. The van der Waals surface area contributed by atoms with Gasteiger partial charge in [-0.3, -0.25) is 0 Å². The number of aryl methyl sites for hydroxylation is 1. The largest absolute Gasteiger partial charge is 0.478 e. The van der Waals surface area contributed by atoms with Gasteiger partial charge in [-0.1, -0.05) is 49.5 Å². The summed E-state index contributed by atoms with van der Waals surface area (Å²) >= 11 is 0. The van der Waals surface area contributed by atoms with Gasteiger partial charge < -0.3 is 10.4 Å². The average Bonchev–Trinajstić information content (AvgIpc) is 2.77. The van der Waals surface area contributed by atoms with Gasteiger partial charge in [0.05, 0.1) is 11.3 Å². The summed E-state index contributed by atoms with van der Waals surface area (Å²) in [5.74, 6) is 4.76. The Morgan fingerprint density at radius 3 is 2.10 bits per heavy atom. The lowest BCUT2D eigenvalue weighted by atomic mass is 10.1. The summed E-state index contributed by atoms with van der Waals surface area (Å²) in [6.07, 6.45) is 3.49. The van der Waals surface area contributed by atoms with Crippen molar-refractivity contribution < 1.29 is 14.3 Å². The molecule has 3 nitrogen and oxygen atoms in total. The fraction of sp³-hybridized carbons (Fsp3) is 0.192. The van der Waals surface area contributed by atoms with Crippen molar-refractivity contribution in [3.63, 3.8) is 0 Å². The molecule has 0 aliphatic heterocycles. The molecule has 0 amide bonds. The van der Waals surface area contributed by atoms with Gasteiger partial charge in [-0.15, -0.1) is 0 Å². The van der Waals surface area contributed by atoms with Crippen molar-refractivity contribution in [1.29, 1.82) is 0 Å². The molecule has 3 aromatic rings. The van der Waals surface area contributed by atoms with Crippen LogP contribution in [0.2, 0.25) is 0 Å². The van der Waals surface area contributed by atoms with E-state index in [9.17, 15) is 9.18 Å². The summed E-state index contributed by atoms with van der Waals surface area (Å²) in [5.41, 5.74) is 4.37. The highest BCUT2D eigenvalue weighted by molar-refractivity contribution is 5.88. The third kappa shape index (κ3) is 5.96. The first-order chi connectivity index (χ1) is 14.5. The number of hydrogen-bond acceptors (Lipinski definition) is 2. The van der Waals surface area contributed by atoms with Gasteiger partial charge in [0.25, 0.3) is 0 Å². The molecule has 0 heterocycles. The number of anilines is 1. The Bertz CT molecular complexity index is 1060. The van der Waals surface area contributed by atoms with Crippen molar-refractivity contribution in [3.8, 4) is 11.8 Å². The molecule has 0 aromatic heterocycles. The number of benzene rings is 3. The van der Waals surface area contributed by atoms with Crippen molar-refractivity contribution in [2.75, 3.05) is 5.32 Å². The zero-order chi connectivity index (χ0) is 21.3. The molecule has 0 unspecified atom stereocenters. The van der Waals surface area contributed by atoms with E-state index in [0.717, 1.165) is 29.2 Å². The molecule has 0 aliphatic rings. The van der Waals surface area contributed by atoms with Crippen molar-refractivity contribution in [2.45, 2.75) is 32.7 Å². The van der Waals surface area contributed by atoms with Gasteiger partial charge in [-0.25, -0.2) is 9.18 Å². The van der Waals surface area contributed by atoms with E-state index < -0.39 is 11.8 Å². The van der Waals surface area contributed by atoms with Gasteiger partial charge in [-0.05, 0) is 66.4 Å². The average molecular weight is 401 g/mol. The van der Waals surface area contributed by atoms with Crippen LogP contribution in [0.15, 0.2) is 66.7 Å². The molecular formula is C26H24FNO2. The topological polar surface area (TPSA) is 49.3 Å². The highest BCUT2D eigenvalue weighted by Gasteiger charge is 2.08. The molecule has 3 rings (SSSR count). The maximum atomic E-state index is 13.9. The van der Waals surface area contributed by atoms with Gasteiger partial charge >= 0.3 is 5.97 Å². The predicted molar refractivity (Wildman–Crippen MR) is 118 cm³/mol. The Morgan fingerprint density at radius 2 is 1.53 bits per heavy atom. The molecule has 0 aliphatic carbocycles. The van der Waals surface area contributed by atoms with Crippen LogP contribution in [0.4, 0.5) is 10.1 Å². The first-order valence-corrected chi connectivity index (χ1v) is 10.0. The van der Waals surface area contributed by atoms with Crippen molar-refractivity contribution in [3.05, 3.63) is 100 Å². The van der Waals surface area contributed by atoms with Crippen molar-refractivity contribution in [2.24, 2.45) is 0 Å². The van der Waals surface area contributed by atoms with Gasteiger partial charge in [0.1, 0.15) is 5.82 Å². The molecule has 152 valence electrons. The first kappa shape index (κ1) is 21.1. The predicted octanol–water partition coefficient (Wildman–Crippen LogP) is 5.88. The van der Waals surface area contributed by atoms with Crippen molar-refractivity contribution in [1.82, 2.24) is 0 Å². The van der Waals surface area contributed by atoms with Gasteiger partial charge in [0, 0.05) is 17.7 Å². The van der Waals surface area contributed by atoms with Crippen LogP contribution in [0, 0.1) is 17.7 Å². The van der Waals surface area contributed by atoms with Gasteiger partial charge in [0.15, 0.2) is 0 Å². The molecule has 0 saturated carbocycles. The van der Waals surface area contributed by atoms with E-state index in [1.807, 2.05) is 24.3 Å². The maximum Gasteiger partial charge on any atom is 0.335 e. The Morgan fingerprint density at radius 1 is 0.933 bits per heavy atom. The number of unbranched alkanes of at least 4 members (excludes halogenated alkanes) is 1. The number of rotatable bonds is 7. The van der Waals surface area contributed by atoms with Crippen LogP contribution in [0.25, 0.3) is 0 Å². The molecule has 30 heavy (non-hydrogen) atoms. The summed E-state index contributed by atoms with van der Waals surface area (Å²) in [7, 11) is 0. The van der Waals surface area contributed by atoms with Crippen molar-refractivity contribution >= 4 is 11.7 Å². The second-order valence-electron chi connectivity index (χ2n) is 7.10. The summed E-state index contributed by atoms with van der Waals surface area (Å²) in [4.78, 5) is 11.0. The number of carboxylic acid groups (broad SMARTS) is 1. The van der Waals surface area contributed by atoms with Crippen LogP contribution in [-0.4, -0.2) is 11.1 Å². The van der Waals surface area contributed by atoms with Crippen LogP contribution in [0.1, 0.15) is 52.4 Å². The number of hydrogen-bond donors (Lipinski definition) is 2. The Balaban J connectivity index is 1.60. The molecule has 0 saturated heterocycles. The number of carboxylic acids is 1. The lowest BCUT2D eigenvalue weighted by Gasteiger charge is -2.08. The standard InChI is InChI=1S/C26H24FNO2/c1-2-3-4-19-5-7-20(8-6-19)9-10-21-11-13-22(14-12-21)18-28-25-17-23(26(29)30)15-16-24(25)27/h5-8,11-17,28H,2-4,18H2,1H3,(H,29,30). The molecule has 3 aromatic carbocycles. The lowest BCUT2D eigenvalue weighted by Crippen LogP contribution is -2.04. The minimum atomic E-state index is -1.09. The highest BCUT2D eigenvalue weighted by Crippen LogP contribution is 2.17. The van der Waals surface area contributed by atoms with Crippen LogP contribution in [-0.2, 0) is 13.0 Å². The van der Waals surface area contributed by atoms with Gasteiger partial charge in [0.2, 0.25) is 0 Å². The molecule has 2 N–H and O–H groups in total. The number of nitrogens with one attached hydrogen (secondary N) is 1. The third-order valence-electron chi connectivity index (χ3n) is 4.77. The zero-order valence-electron chi connectivity index (χ0n) is 16.9. The fourth-order valence-electron chi connectivity index (χ4n) is 2.98. The van der Waals surface area contributed by atoms with E-state index in [-0.39, 0.29) is 11.3 Å². The van der Waals surface area contributed by atoms with E-state index >= 15 is 0 Å². The van der Waals surface area contributed by atoms with Crippen LogP contribution in [0.3, 0.4) is 0 Å². The minimum Gasteiger partial charge on any atom is -0.478 e. The minimum absolute atomic E-state index is 0.0444. The second-order valence-corrected chi connectivity index (χ2v) is 7.10. The summed E-state index contributed by atoms with van der Waals surface area (Å²) < 4.78 is 13.9. The number of aromatic carboxylic acids is 1. The maximum absolute atomic E-state index is 13.9. The summed E-state index contributed by atoms with van der Waals surface area (Å²) in [6, 6.07) is 19.7. The Labute approximate surface area is 176 Å². The highest BCUT2D eigenvalue weighted by atomic mass is 19.1. The molecule has 0 bridgehead atoms. The lowest BCUT2D eigenvalue weighted by molar-refractivity contribution is 0.0697. The van der Waals surface area contributed by atoms with Crippen LogP contribution >= 0.6 is 0 Å². The molecule has 0 radical (unpaired) electrons. The quantitative estimate of drug-likeness (QED) is 0.486. The van der Waals surface area contributed by atoms with E-state index in [1.165, 1.54) is 30.5 Å². The smallest absolute Gasteiger partial charge is 0.335 e. The third-order valence-corrected chi connectivity index (χ3v) is 4.77. The molecular weight excluding hydrogens is 377 g/mol. The molecule has 0 fully saturated rings. The van der Waals surface area contributed by atoms with E-state index in [2.05, 4.69) is 48.3 Å². The molecule has 0 spiro atoms. The first-order valence-electron chi connectivity index (χ1n) is 10.0. The fourth-order valence-corrected chi connectivity index (χ4v) is 2.98. The second kappa shape index (κ2) is 10.3. The zero-order valence-corrected chi connectivity index (χ0v) is 16.9. The molecule has 4 heteroatoms. The molecule has 0 atom stereocenters. The van der Waals surface area contributed by atoms with Crippen LogP contribution in [0.5, 0.6) is 0 Å².